The van der Waals surface area contributed by atoms with Crippen LogP contribution in [0.4, 0.5) is 0 Å². The normalized spacial score (nSPS) is 8.40. The number of hydrazine groups is 2. The Labute approximate surface area is 30.1 Å². The smallest absolute Gasteiger partial charge is 0.0000824 e. The second-order valence-corrected chi connectivity index (χ2v) is 0.487. The van der Waals surface area contributed by atoms with Crippen molar-refractivity contribution in [2.75, 3.05) is 7.05 Å². The molecular formula is CH7N3O. The Morgan fingerprint density at radius 1 is 1.60 bits per heavy atom. The van der Waals surface area contributed by atoms with Crippen LogP contribution in [0.2, 0.25) is 0 Å². The molecule has 4 N–H and O–H groups in total. The van der Waals surface area contributed by atoms with E-state index in [1.165, 1.54) is 0 Å². The topological polar surface area (TPSA) is 56.3 Å². The predicted octanol–water partition coefficient (Wildman–Crippen LogP) is -1.40. The van der Waals surface area contributed by atoms with Crippen molar-refractivity contribution in [2.45, 2.75) is 0 Å². The van der Waals surface area contributed by atoms with Gasteiger partial charge < -0.3 is 5.21 Å². The van der Waals surface area contributed by atoms with Crippen molar-refractivity contribution in [1.29, 1.82) is 0 Å². The summed E-state index contributed by atoms with van der Waals surface area (Å²) in [5, 5.41) is 7.64. The van der Waals surface area contributed by atoms with E-state index in [0.29, 0.717) is 0 Å². The highest BCUT2D eigenvalue weighted by Crippen LogP contribution is 1.12. The summed E-state index contributed by atoms with van der Waals surface area (Å²) < 4.78 is 0. The molecule has 0 bridgehead atoms. The van der Waals surface area contributed by atoms with E-state index in [-0.39, 0.29) is 0 Å². The Hall–Kier alpha value is -0.160. The first kappa shape index (κ1) is 4.84. The molecule has 0 rings (SSSR count). The van der Waals surface area contributed by atoms with Crippen LogP contribution in [0.3, 0.4) is 0 Å². The van der Waals surface area contributed by atoms with Gasteiger partial charge in [-0.05, 0) is 7.05 Å². The van der Waals surface area contributed by atoms with Crippen molar-refractivity contribution in [3.63, 3.8) is 0 Å². The molecule has 0 amide bonds. The molecule has 32 valence electrons. The molecule has 4 nitrogen and oxygen atoms in total. The third kappa shape index (κ3) is 3.84. The molecule has 0 atom stereocenters. The van der Waals surface area contributed by atoms with Crippen LogP contribution in [0.15, 0.2) is 0 Å². The Kier molecular flexibility index (Phi) is 3.72. The highest BCUT2D eigenvalue weighted by atomic mass is 16.5. The van der Waals surface area contributed by atoms with Gasteiger partial charge in [0.05, 0.1) is 0 Å². The van der Waals surface area contributed by atoms with Gasteiger partial charge in [0.15, 0.2) is 0 Å². The van der Waals surface area contributed by atoms with Gasteiger partial charge in [0.1, 0.15) is 0 Å². The van der Waals surface area contributed by atoms with Crippen LogP contribution in [0.5, 0.6) is 0 Å². The Morgan fingerprint density at radius 3 is 2.20 bits per heavy atom. The molecule has 0 aliphatic rings. The molecule has 0 radical (unpaired) electrons. The van der Waals surface area contributed by atoms with Gasteiger partial charge in [-0.15, -0.1) is 5.59 Å². The summed E-state index contributed by atoms with van der Waals surface area (Å²) >= 11 is 0. The number of hydrogen-bond donors (Lipinski definition) is 4. The zero-order valence-electron chi connectivity index (χ0n) is 2.95. The minimum absolute atomic E-state index is 1.63. The minimum Gasteiger partial charge on any atom is -0.301 e. The van der Waals surface area contributed by atoms with E-state index in [9.17, 15) is 0 Å². The van der Waals surface area contributed by atoms with E-state index >= 15 is 0 Å². The lowest BCUT2D eigenvalue weighted by molar-refractivity contribution is 0.105. The monoisotopic (exact) mass is 77.1 g/mol. The largest absolute Gasteiger partial charge is 0.301 e. The molecule has 0 saturated heterocycles. The number of rotatable bonds is 2. The maximum absolute atomic E-state index is 7.64. The molecule has 0 aromatic rings. The minimum atomic E-state index is 1.63. The van der Waals surface area contributed by atoms with Gasteiger partial charge in [-0.25, -0.2) is 5.43 Å². The van der Waals surface area contributed by atoms with Gasteiger partial charge in [0.25, 0.3) is 0 Å². The Balaban J connectivity index is 2.19. The third-order valence-electron chi connectivity index (χ3n) is 0.181. The van der Waals surface area contributed by atoms with Crippen LogP contribution in [-0.2, 0) is 0 Å². The lowest BCUT2D eigenvalue weighted by atomic mass is 11.5. The van der Waals surface area contributed by atoms with Crippen LogP contribution in [-0.4, -0.2) is 12.3 Å². The van der Waals surface area contributed by atoms with Crippen molar-refractivity contribution in [2.24, 2.45) is 0 Å². The van der Waals surface area contributed by atoms with Crippen LogP contribution in [0.25, 0.3) is 0 Å². The molecule has 0 spiro atoms. The van der Waals surface area contributed by atoms with Crippen molar-refractivity contribution in [1.82, 2.24) is 16.5 Å². The van der Waals surface area contributed by atoms with E-state index < -0.39 is 0 Å². The molecule has 0 heterocycles. The lowest BCUT2D eigenvalue weighted by Crippen LogP contribution is -2.38. The Bertz CT molecular complexity index is 14.4. The van der Waals surface area contributed by atoms with Gasteiger partial charge in [0, 0.05) is 0 Å². The fourth-order valence-electron chi connectivity index (χ4n) is 0.0559. The molecule has 4 heteroatoms. The van der Waals surface area contributed by atoms with Crippen LogP contribution in [0, 0.1) is 0 Å². The highest BCUT2D eigenvalue weighted by Gasteiger charge is 1.56. The van der Waals surface area contributed by atoms with Crippen molar-refractivity contribution < 1.29 is 5.21 Å². The fourth-order valence-corrected chi connectivity index (χ4v) is 0.0559. The number of hydrogen-bond acceptors (Lipinski definition) is 4. The Morgan fingerprint density at radius 2 is 2.20 bits per heavy atom. The summed E-state index contributed by atoms with van der Waals surface area (Å²) in [4.78, 5) is 0. The van der Waals surface area contributed by atoms with Gasteiger partial charge in [-0.2, -0.15) is 5.53 Å². The molecule has 0 aliphatic heterocycles. The lowest BCUT2D eigenvalue weighted by Gasteiger charge is -1.91. The second-order valence-electron chi connectivity index (χ2n) is 0.487. The zero-order chi connectivity index (χ0) is 4.12. The highest BCUT2D eigenvalue weighted by molar-refractivity contribution is 3.94. The average molecular weight is 77.1 g/mol. The number of nitrogens with one attached hydrogen (secondary N) is 3. The van der Waals surface area contributed by atoms with E-state index in [4.69, 9.17) is 5.21 Å². The molecule has 5 heavy (non-hydrogen) atoms. The molecular weight excluding hydrogens is 70.0 g/mol. The summed E-state index contributed by atoms with van der Waals surface area (Å²) in [5.74, 6) is 0. The summed E-state index contributed by atoms with van der Waals surface area (Å²) in [6.45, 7) is 0. The van der Waals surface area contributed by atoms with E-state index in [1.54, 1.807) is 12.6 Å². The summed E-state index contributed by atoms with van der Waals surface area (Å²) in [6, 6.07) is 0. The summed E-state index contributed by atoms with van der Waals surface area (Å²) in [6.07, 6.45) is 0. The van der Waals surface area contributed by atoms with Gasteiger partial charge in [-0.3, -0.25) is 0 Å². The maximum atomic E-state index is 7.64. The van der Waals surface area contributed by atoms with Crippen LogP contribution in [0.1, 0.15) is 0 Å². The SMILES string of the molecule is CNNNO. The van der Waals surface area contributed by atoms with Gasteiger partial charge in [-0.1, -0.05) is 0 Å². The zero-order valence-corrected chi connectivity index (χ0v) is 2.95. The molecule has 0 fully saturated rings. The average Bonchev–Trinajstić information content (AvgIpc) is 1.41. The first-order valence-electron chi connectivity index (χ1n) is 1.22. The standard InChI is InChI=1S/CH7N3O/c1-2-3-4-5/h2-5H,1H3. The molecule has 0 aromatic carbocycles. The van der Waals surface area contributed by atoms with Gasteiger partial charge in [0.2, 0.25) is 0 Å². The van der Waals surface area contributed by atoms with Crippen molar-refractivity contribution in [3.8, 4) is 0 Å². The molecule has 0 saturated carbocycles. The molecule has 0 unspecified atom stereocenters. The quantitative estimate of drug-likeness (QED) is 0.306. The van der Waals surface area contributed by atoms with Crippen molar-refractivity contribution in [3.05, 3.63) is 0 Å². The van der Waals surface area contributed by atoms with Crippen LogP contribution < -0.4 is 16.5 Å². The van der Waals surface area contributed by atoms with Gasteiger partial charge >= 0.3 is 0 Å². The molecule has 0 aromatic heterocycles. The second kappa shape index (κ2) is 3.84. The first-order valence-corrected chi connectivity index (χ1v) is 1.22. The van der Waals surface area contributed by atoms with E-state index in [0.717, 1.165) is 0 Å². The first-order chi connectivity index (χ1) is 2.41. The molecule has 0 aliphatic carbocycles. The van der Waals surface area contributed by atoms with Crippen molar-refractivity contribution >= 4 is 0 Å². The summed E-state index contributed by atoms with van der Waals surface area (Å²) in [7, 11) is 1.63. The fraction of sp³-hybridized carbons (Fsp3) is 1.00. The van der Waals surface area contributed by atoms with E-state index in [2.05, 4.69) is 11.0 Å². The predicted molar refractivity (Wildman–Crippen MR) is 17.1 cm³/mol. The van der Waals surface area contributed by atoms with E-state index in [1.807, 2.05) is 0 Å². The third-order valence-corrected chi connectivity index (χ3v) is 0.181. The summed E-state index contributed by atoms with van der Waals surface area (Å²) in [5.41, 5.74) is 6.23. The van der Waals surface area contributed by atoms with Crippen LogP contribution >= 0.6 is 0 Å². The maximum Gasteiger partial charge on any atom is -0.0000824 e.